The third-order valence-electron chi connectivity index (χ3n) is 6.48. The second-order valence-corrected chi connectivity index (χ2v) is 8.75. The Bertz CT molecular complexity index is 1240. The van der Waals surface area contributed by atoms with Gasteiger partial charge >= 0.3 is 0 Å². The number of nitrogens with zero attached hydrogens (tertiary/aromatic N) is 3. The van der Waals surface area contributed by atoms with Crippen molar-refractivity contribution in [3.05, 3.63) is 47.5 Å². The summed E-state index contributed by atoms with van der Waals surface area (Å²) in [5, 5.41) is 20.9. The Morgan fingerprint density at radius 1 is 1.23 bits per heavy atom. The molecule has 184 valence electrons. The molecule has 10 nitrogen and oxygen atoms in total. The zero-order valence-corrected chi connectivity index (χ0v) is 19.3. The van der Waals surface area contributed by atoms with Crippen LogP contribution in [0.5, 0.6) is 11.8 Å². The van der Waals surface area contributed by atoms with Gasteiger partial charge in [-0.2, -0.15) is 0 Å². The molecule has 3 aromatic rings. The maximum atomic E-state index is 14.6. The lowest BCUT2D eigenvalue weighted by Gasteiger charge is -2.22. The lowest BCUT2D eigenvalue weighted by atomic mass is 10.0. The number of fused-ring (bicyclic) bond motifs is 2. The molecule has 3 heterocycles. The highest BCUT2D eigenvalue weighted by molar-refractivity contribution is 5.93. The smallest absolute Gasteiger partial charge is 0.263 e. The van der Waals surface area contributed by atoms with Gasteiger partial charge in [0.2, 0.25) is 5.88 Å². The number of aliphatic hydroxyl groups is 1. The molecule has 3 atom stereocenters. The molecule has 0 unspecified atom stereocenters. The SMILES string of the molecule is COc1ccc2ccc(F)c(CN[C@@H]3CC[C@H](CNCc4cnc5c(n4)NC(=O)CO5)[C@@H]3O)c2n1. The number of pyridine rings is 1. The van der Waals surface area contributed by atoms with Gasteiger partial charge in [-0.15, -0.1) is 0 Å². The lowest BCUT2D eigenvalue weighted by molar-refractivity contribution is -0.118. The number of carbonyl (C=O) groups excluding carboxylic acids is 1. The second kappa shape index (κ2) is 10.1. The van der Waals surface area contributed by atoms with Crippen molar-refractivity contribution in [2.24, 2.45) is 5.92 Å². The number of anilines is 1. The van der Waals surface area contributed by atoms with E-state index in [1.807, 2.05) is 6.07 Å². The third kappa shape index (κ3) is 5.02. The van der Waals surface area contributed by atoms with E-state index in [4.69, 9.17) is 9.47 Å². The molecule has 4 N–H and O–H groups in total. The average Bonchev–Trinajstić information content (AvgIpc) is 3.22. The number of methoxy groups -OCH3 is 1. The number of ether oxygens (including phenoxy) is 2. The van der Waals surface area contributed by atoms with Gasteiger partial charge in [0.1, 0.15) is 5.82 Å². The van der Waals surface area contributed by atoms with Gasteiger partial charge in [-0.25, -0.2) is 19.3 Å². The Kier molecular flexibility index (Phi) is 6.71. The molecule has 11 heteroatoms. The average molecular weight is 483 g/mol. The Morgan fingerprint density at radius 3 is 2.94 bits per heavy atom. The van der Waals surface area contributed by atoms with Crippen molar-refractivity contribution in [2.75, 3.05) is 25.6 Å². The molecule has 1 aromatic carbocycles. The molecule has 0 saturated heterocycles. The molecule has 1 aliphatic heterocycles. The zero-order chi connectivity index (χ0) is 24.4. The first kappa shape index (κ1) is 23.3. The highest BCUT2D eigenvalue weighted by Crippen LogP contribution is 2.28. The topological polar surface area (TPSA) is 131 Å². The van der Waals surface area contributed by atoms with Gasteiger partial charge in [0.15, 0.2) is 12.4 Å². The summed E-state index contributed by atoms with van der Waals surface area (Å²) >= 11 is 0. The van der Waals surface area contributed by atoms with Crippen LogP contribution in [0.25, 0.3) is 10.9 Å². The van der Waals surface area contributed by atoms with Crippen molar-refractivity contribution in [2.45, 2.75) is 38.1 Å². The molecule has 1 fully saturated rings. The van der Waals surface area contributed by atoms with Gasteiger partial charge in [0.25, 0.3) is 11.8 Å². The van der Waals surface area contributed by atoms with E-state index in [1.165, 1.54) is 13.2 Å². The predicted octanol–water partition coefficient (Wildman–Crippen LogP) is 1.52. The van der Waals surface area contributed by atoms with Crippen LogP contribution in [0.4, 0.5) is 10.2 Å². The third-order valence-corrected chi connectivity index (χ3v) is 6.48. The summed E-state index contributed by atoms with van der Waals surface area (Å²) in [6, 6.07) is 6.57. The summed E-state index contributed by atoms with van der Waals surface area (Å²) in [5.74, 6) is 0.488. The Hall–Kier alpha value is -3.41. The molecule has 2 aromatic heterocycles. The maximum absolute atomic E-state index is 14.6. The number of aliphatic hydroxyl groups excluding tert-OH is 1. The van der Waals surface area contributed by atoms with E-state index >= 15 is 0 Å². The van der Waals surface area contributed by atoms with Crippen LogP contribution in [0.3, 0.4) is 0 Å². The van der Waals surface area contributed by atoms with Crippen LogP contribution in [0, 0.1) is 11.7 Å². The minimum atomic E-state index is -0.578. The second-order valence-electron chi connectivity index (χ2n) is 8.75. The first-order valence-electron chi connectivity index (χ1n) is 11.5. The van der Waals surface area contributed by atoms with E-state index < -0.39 is 6.10 Å². The van der Waals surface area contributed by atoms with E-state index in [0.29, 0.717) is 47.4 Å². The maximum Gasteiger partial charge on any atom is 0.263 e. The van der Waals surface area contributed by atoms with Crippen LogP contribution in [0.15, 0.2) is 30.5 Å². The quantitative estimate of drug-likeness (QED) is 0.377. The van der Waals surface area contributed by atoms with E-state index in [-0.39, 0.29) is 36.8 Å². The van der Waals surface area contributed by atoms with E-state index in [1.54, 1.807) is 18.3 Å². The van der Waals surface area contributed by atoms with Crippen LogP contribution in [0.1, 0.15) is 24.1 Å². The summed E-state index contributed by atoms with van der Waals surface area (Å²) in [7, 11) is 1.53. The van der Waals surface area contributed by atoms with Gasteiger partial charge < -0.3 is 30.5 Å². The van der Waals surface area contributed by atoms with Crippen molar-refractivity contribution in [3.63, 3.8) is 0 Å². The fraction of sp³-hybridized carbons (Fsp3) is 0.417. The molecular weight excluding hydrogens is 455 g/mol. The monoisotopic (exact) mass is 482 g/mol. The fourth-order valence-corrected chi connectivity index (χ4v) is 4.60. The van der Waals surface area contributed by atoms with E-state index in [0.717, 1.165) is 18.2 Å². The van der Waals surface area contributed by atoms with Gasteiger partial charge in [-0.05, 0) is 37.0 Å². The lowest BCUT2D eigenvalue weighted by Crippen LogP contribution is -2.40. The van der Waals surface area contributed by atoms with E-state index in [9.17, 15) is 14.3 Å². The van der Waals surface area contributed by atoms with Crippen LogP contribution in [-0.2, 0) is 17.9 Å². The number of hydrogen-bond acceptors (Lipinski definition) is 9. The first-order chi connectivity index (χ1) is 17.0. The number of halogens is 1. The predicted molar refractivity (Wildman–Crippen MR) is 125 cm³/mol. The summed E-state index contributed by atoms with van der Waals surface area (Å²) in [6.45, 7) is 1.21. The number of amides is 1. The largest absolute Gasteiger partial charge is 0.481 e. The molecule has 0 bridgehead atoms. The normalized spacial score (nSPS) is 21.5. The Balaban J connectivity index is 1.16. The first-order valence-corrected chi connectivity index (χ1v) is 11.5. The minimum absolute atomic E-state index is 0.0386. The number of hydrogen-bond donors (Lipinski definition) is 4. The zero-order valence-electron chi connectivity index (χ0n) is 19.3. The molecule has 35 heavy (non-hydrogen) atoms. The summed E-state index contributed by atoms with van der Waals surface area (Å²) in [5.41, 5.74) is 1.67. The minimum Gasteiger partial charge on any atom is -0.481 e. The molecule has 1 saturated carbocycles. The summed E-state index contributed by atoms with van der Waals surface area (Å²) in [6.07, 6.45) is 2.62. The van der Waals surface area contributed by atoms with Crippen molar-refractivity contribution in [1.82, 2.24) is 25.6 Å². The van der Waals surface area contributed by atoms with Gasteiger partial charge in [-0.1, -0.05) is 0 Å². The number of rotatable bonds is 8. The van der Waals surface area contributed by atoms with E-state index in [2.05, 4.69) is 30.9 Å². The van der Waals surface area contributed by atoms with Crippen LogP contribution < -0.4 is 25.4 Å². The van der Waals surface area contributed by atoms with Crippen LogP contribution in [0.2, 0.25) is 0 Å². The summed E-state index contributed by atoms with van der Waals surface area (Å²) in [4.78, 5) is 24.4. The molecule has 0 spiro atoms. The number of benzene rings is 1. The Labute approximate surface area is 201 Å². The summed E-state index contributed by atoms with van der Waals surface area (Å²) < 4.78 is 25.0. The van der Waals surface area contributed by atoms with Crippen LogP contribution >= 0.6 is 0 Å². The van der Waals surface area contributed by atoms with Crippen molar-refractivity contribution in [3.8, 4) is 11.8 Å². The standard InChI is InChI=1S/C24H27FN6O4/c1-34-20-7-4-13-2-5-17(25)16(21(13)31-20)11-27-18-6-3-14(22(18)33)8-26-9-15-10-28-24-23(29-15)30-19(32)12-35-24/h2,4-5,7,10,14,18,22,26-27,33H,3,6,8-9,11-12H2,1H3,(H,29,30,32)/t14-,18-,22+/m1/s1. The van der Waals surface area contributed by atoms with Crippen molar-refractivity contribution in [1.29, 1.82) is 0 Å². The molecule has 1 aliphatic carbocycles. The highest BCUT2D eigenvalue weighted by atomic mass is 19.1. The number of carbonyl (C=O) groups is 1. The molecule has 2 aliphatic rings. The van der Waals surface area contributed by atoms with Gasteiger partial charge in [0.05, 0.1) is 30.6 Å². The Morgan fingerprint density at radius 2 is 2.09 bits per heavy atom. The number of nitrogens with one attached hydrogen (secondary N) is 3. The van der Waals surface area contributed by atoms with Gasteiger partial charge in [-0.3, -0.25) is 4.79 Å². The molecular formula is C24H27FN6O4. The number of aromatic nitrogens is 3. The molecule has 5 rings (SSSR count). The fourth-order valence-electron chi connectivity index (χ4n) is 4.60. The molecule has 1 amide bonds. The molecule has 0 radical (unpaired) electrons. The van der Waals surface area contributed by atoms with Crippen molar-refractivity contribution < 1.29 is 23.8 Å². The van der Waals surface area contributed by atoms with Crippen molar-refractivity contribution >= 4 is 22.6 Å². The van der Waals surface area contributed by atoms with Gasteiger partial charge in [0, 0.05) is 42.7 Å². The highest BCUT2D eigenvalue weighted by Gasteiger charge is 2.34. The van der Waals surface area contributed by atoms with Crippen LogP contribution in [-0.4, -0.2) is 58.4 Å².